The molecule has 2 fully saturated rings. The fourth-order valence-corrected chi connectivity index (χ4v) is 3.74. The Bertz CT molecular complexity index is 704. The van der Waals surface area contributed by atoms with Gasteiger partial charge in [-0.1, -0.05) is 48.4 Å². The fraction of sp³-hybridized carbons (Fsp3) is 0.545. The van der Waals surface area contributed by atoms with Gasteiger partial charge >= 0.3 is 0 Å². The molecule has 0 saturated carbocycles. The molecule has 4 rings (SSSR count). The van der Waals surface area contributed by atoms with E-state index in [4.69, 9.17) is 18.9 Å². The average molecular weight is 356 g/mol. The van der Waals surface area contributed by atoms with Gasteiger partial charge in [0.15, 0.2) is 5.79 Å². The lowest BCUT2D eigenvalue weighted by Gasteiger charge is -2.41. The first-order chi connectivity index (χ1) is 12.5. The number of hydrogen-bond donors (Lipinski definition) is 0. The Hall–Kier alpha value is -1.46. The number of benzene rings is 1. The minimum absolute atomic E-state index is 0.0980. The van der Waals surface area contributed by atoms with Gasteiger partial charge in [0, 0.05) is 5.92 Å². The molecule has 4 heteroatoms. The van der Waals surface area contributed by atoms with Gasteiger partial charge in [-0.15, -0.1) is 0 Å². The van der Waals surface area contributed by atoms with E-state index in [0.717, 1.165) is 18.8 Å². The van der Waals surface area contributed by atoms with Crippen LogP contribution in [0.5, 0.6) is 0 Å². The molecular formula is C22H28O4. The van der Waals surface area contributed by atoms with Crippen LogP contribution in [-0.4, -0.2) is 44.4 Å². The van der Waals surface area contributed by atoms with Crippen LogP contribution < -0.4 is 0 Å². The summed E-state index contributed by atoms with van der Waals surface area (Å²) in [6.07, 6.45) is 4.88. The Labute approximate surface area is 155 Å². The normalized spacial score (nSPS) is 32.8. The predicted molar refractivity (Wildman–Crippen MR) is 101 cm³/mol. The van der Waals surface area contributed by atoms with Crippen molar-refractivity contribution < 1.29 is 18.9 Å². The Balaban J connectivity index is 1.61. The monoisotopic (exact) mass is 356 g/mol. The van der Waals surface area contributed by atoms with E-state index in [1.807, 2.05) is 0 Å². The SMILES string of the molecule is CC1=CC(c2cc(C)cc(C)c2)=CC(C)C1(OCC1CO1)OCC1CO1. The highest BCUT2D eigenvalue weighted by Gasteiger charge is 2.44. The number of allylic oxidation sites excluding steroid dienone is 2. The molecule has 2 saturated heterocycles. The Kier molecular flexibility index (Phi) is 4.78. The zero-order valence-electron chi connectivity index (χ0n) is 16.1. The Morgan fingerprint density at radius 3 is 1.96 bits per heavy atom. The lowest BCUT2D eigenvalue weighted by Crippen LogP contribution is -2.46. The van der Waals surface area contributed by atoms with Crippen molar-refractivity contribution in [2.24, 2.45) is 5.92 Å². The highest BCUT2D eigenvalue weighted by Crippen LogP contribution is 2.41. The van der Waals surface area contributed by atoms with E-state index in [-0.39, 0.29) is 18.1 Å². The summed E-state index contributed by atoms with van der Waals surface area (Å²) >= 11 is 0. The van der Waals surface area contributed by atoms with Crippen molar-refractivity contribution in [3.63, 3.8) is 0 Å². The summed E-state index contributed by atoms with van der Waals surface area (Å²) < 4.78 is 23.3. The summed E-state index contributed by atoms with van der Waals surface area (Å²) in [5, 5.41) is 0. The molecular weight excluding hydrogens is 328 g/mol. The van der Waals surface area contributed by atoms with Crippen molar-refractivity contribution >= 4 is 5.57 Å². The van der Waals surface area contributed by atoms with Crippen LogP contribution in [0, 0.1) is 19.8 Å². The van der Waals surface area contributed by atoms with Crippen LogP contribution in [0.25, 0.3) is 5.57 Å². The molecule has 4 nitrogen and oxygen atoms in total. The van der Waals surface area contributed by atoms with Crippen molar-refractivity contribution in [2.45, 2.75) is 45.7 Å². The zero-order valence-corrected chi connectivity index (χ0v) is 16.1. The van der Waals surface area contributed by atoms with E-state index >= 15 is 0 Å². The maximum atomic E-state index is 6.31. The molecule has 0 bridgehead atoms. The average Bonchev–Trinajstić information content (AvgIpc) is 3.47. The summed E-state index contributed by atoms with van der Waals surface area (Å²) in [5.41, 5.74) is 6.14. The van der Waals surface area contributed by atoms with Crippen LogP contribution in [0.2, 0.25) is 0 Å². The number of rotatable bonds is 7. The van der Waals surface area contributed by atoms with Gasteiger partial charge in [-0.3, -0.25) is 0 Å². The van der Waals surface area contributed by atoms with E-state index < -0.39 is 5.79 Å². The third kappa shape index (κ3) is 3.79. The molecule has 26 heavy (non-hydrogen) atoms. The lowest BCUT2D eigenvalue weighted by molar-refractivity contribution is -0.234. The fourth-order valence-electron chi connectivity index (χ4n) is 3.74. The maximum absolute atomic E-state index is 6.31. The van der Waals surface area contributed by atoms with E-state index in [1.54, 1.807) is 0 Å². The van der Waals surface area contributed by atoms with Crippen molar-refractivity contribution in [2.75, 3.05) is 26.4 Å². The molecule has 0 amide bonds. The van der Waals surface area contributed by atoms with E-state index in [9.17, 15) is 0 Å². The maximum Gasteiger partial charge on any atom is 0.197 e. The van der Waals surface area contributed by atoms with E-state index in [0.29, 0.717) is 13.2 Å². The summed E-state index contributed by atoms with van der Waals surface area (Å²) in [6.45, 7) is 11.2. The molecule has 0 aromatic heterocycles. The van der Waals surface area contributed by atoms with Gasteiger partial charge in [0.05, 0.1) is 26.4 Å². The molecule has 1 aliphatic carbocycles. The molecule has 1 aromatic carbocycles. The first-order valence-electron chi connectivity index (χ1n) is 9.46. The second-order valence-corrected chi connectivity index (χ2v) is 7.81. The minimum atomic E-state index is -0.736. The Morgan fingerprint density at radius 1 is 0.962 bits per heavy atom. The van der Waals surface area contributed by atoms with Crippen molar-refractivity contribution in [1.29, 1.82) is 0 Å². The summed E-state index contributed by atoms with van der Waals surface area (Å²) in [4.78, 5) is 0. The number of epoxide rings is 2. The van der Waals surface area contributed by atoms with Crippen molar-refractivity contribution in [1.82, 2.24) is 0 Å². The third-order valence-corrected chi connectivity index (χ3v) is 5.28. The highest BCUT2D eigenvalue weighted by molar-refractivity contribution is 5.77. The molecule has 0 spiro atoms. The summed E-state index contributed by atoms with van der Waals surface area (Å²) in [7, 11) is 0. The molecule has 3 unspecified atom stereocenters. The zero-order chi connectivity index (χ0) is 18.3. The predicted octanol–water partition coefficient (Wildman–Crippen LogP) is 3.81. The van der Waals surface area contributed by atoms with Gasteiger partial charge in [-0.25, -0.2) is 0 Å². The number of ether oxygens (including phenoxy) is 4. The molecule has 2 heterocycles. The smallest absolute Gasteiger partial charge is 0.197 e. The van der Waals surface area contributed by atoms with Gasteiger partial charge < -0.3 is 18.9 Å². The standard InChI is InChI=1S/C22H28O4/c1-14-5-15(2)7-18(6-14)19-8-16(3)22(17(4)9-19,25-12-20-10-23-20)26-13-21-11-24-21/h5-9,16,20-21H,10-13H2,1-4H3. The van der Waals surface area contributed by atoms with Gasteiger partial charge in [0.1, 0.15) is 12.2 Å². The van der Waals surface area contributed by atoms with Gasteiger partial charge in [-0.2, -0.15) is 0 Å². The van der Waals surface area contributed by atoms with Crippen LogP contribution in [-0.2, 0) is 18.9 Å². The van der Waals surface area contributed by atoms with Crippen LogP contribution in [0.4, 0.5) is 0 Å². The van der Waals surface area contributed by atoms with E-state index in [1.165, 1.54) is 22.3 Å². The molecule has 0 radical (unpaired) electrons. The van der Waals surface area contributed by atoms with Gasteiger partial charge in [0.2, 0.25) is 0 Å². The van der Waals surface area contributed by atoms with Crippen LogP contribution in [0.15, 0.2) is 35.9 Å². The highest BCUT2D eigenvalue weighted by atomic mass is 16.7. The number of hydrogen-bond acceptors (Lipinski definition) is 4. The minimum Gasteiger partial charge on any atom is -0.371 e. The second-order valence-electron chi connectivity index (χ2n) is 7.81. The second kappa shape index (κ2) is 6.93. The Morgan fingerprint density at radius 2 is 1.50 bits per heavy atom. The quantitative estimate of drug-likeness (QED) is 0.550. The summed E-state index contributed by atoms with van der Waals surface area (Å²) in [5.74, 6) is -0.638. The van der Waals surface area contributed by atoms with Gasteiger partial charge in [0.25, 0.3) is 0 Å². The lowest BCUT2D eigenvalue weighted by atomic mass is 9.83. The molecule has 3 atom stereocenters. The van der Waals surface area contributed by atoms with Crippen LogP contribution in [0.3, 0.4) is 0 Å². The van der Waals surface area contributed by atoms with E-state index in [2.05, 4.69) is 58.0 Å². The van der Waals surface area contributed by atoms with Gasteiger partial charge in [-0.05, 0) is 37.5 Å². The largest absolute Gasteiger partial charge is 0.371 e. The van der Waals surface area contributed by atoms with Crippen molar-refractivity contribution in [3.05, 3.63) is 52.6 Å². The third-order valence-electron chi connectivity index (χ3n) is 5.28. The van der Waals surface area contributed by atoms with Crippen LogP contribution in [0.1, 0.15) is 30.5 Å². The molecule has 0 N–H and O–H groups in total. The molecule has 2 aliphatic heterocycles. The number of aryl methyl sites for hydroxylation is 2. The first kappa shape index (κ1) is 17.9. The molecule has 3 aliphatic rings. The molecule has 1 aromatic rings. The first-order valence-corrected chi connectivity index (χ1v) is 9.46. The van der Waals surface area contributed by atoms with Crippen LogP contribution >= 0.6 is 0 Å². The summed E-state index contributed by atoms with van der Waals surface area (Å²) in [6, 6.07) is 6.68. The van der Waals surface area contributed by atoms with Crippen molar-refractivity contribution in [3.8, 4) is 0 Å². The topological polar surface area (TPSA) is 43.5 Å². The molecule has 140 valence electrons.